The molecule has 1 aliphatic carbocycles. The lowest BCUT2D eigenvalue weighted by Crippen LogP contribution is -2.10. The Morgan fingerprint density at radius 3 is 2.22 bits per heavy atom. The Hall–Kier alpha value is -3.81. The lowest BCUT2D eigenvalue weighted by atomic mass is 10.0. The van der Waals surface area contributed by atoms with Crippen LogP contribution in [0.3, 0.4) is 0 Å². The maximum Gasteiger partial charge on any atom is 0.339 e. The minimum Gasteiger partial charge on any atom is -0.379 e. The Morgan fingerprint density at radius 1 is 0.806 bits per heavy atom. The molecule has 1 N–H and O–H groups in total. The van der Waals surface area contributed by atoms with Crippen molar-refractivity contribution >= 4 is 39.0 Å². The van der Waals surface area contributed by atoms with E-state index in [1.807, 2.05) is 67.6 Å². The fourth-order valence-corrected chi connectivity index (χ4v) is 6.72. The van der Waals surface area contributed by atoms with E-state index in [0.29, 0.717) is 11.1 Å². The Kier molecular flexibility index (Phi) is 5.47. The van der Waals surface area contributed by atoms with Crippen LogP contribution < -0.4 is 9.50 Å². The van der Waals surface area contributed by atoms with E-state index in [-0.39, 0.29) is 21.7 Å². The van der Waals surface area contributed by atoms with Crippen molar-refractivity contribution in [2.75, 3.05) is 5.32 Å². The van der Waals surface area contributed by atoms with Gasteiger partial charge in [0.2, 0.25) is 0 Å². The summed E-state index contributed by atoms with van der Waals surface area (Å²) in [5.41, 5.74) is 5.89. The number of para-hydroxylation sites is 1. The van der Waals surface area contributed by atoms with Crippen molar-refractivity contribution in [3.05, 3.63) is 125 Å². The molecule has 0 spiro atoms. The SMILES string of the molecule is Cc1ccc(S(=O)(=O)Oc2ccc([C@H]3Sc4ccccc4NC4=C3C(=O)c3ccccc34)cc2)cc1. The topological polar surface area (TPSA) is 72.5 Å². The van der Waals surface area contributed by atoms with Gasteiger partial charge in [-0.15, -0.1) is 11.8 Å². The van der Waals surface area contributed by atoms with E-state index in [0.717, 1.165) is 33.0 Å². The predicted molar refractivity (Wildman–Crippen MR) is 142 cm³/mol. The van der Waals surface area contributed by atoms with Crippen molar-refractivity contribution < 1.29 is 17.4 Å². The van der Waals surface area contributed by atoms with Gasteiger partial charge in [-0.3, -0.25) is 4.79 Å². The number of hydrogen-bond donors (Lipinski definition) is 1. The third-order valence-corrected chi connectivity index (χ3v) is 8.92. The molecule has 4 aromatic rings. The van der Waals surface area contributed by atoms with Crippen LogP contribution in [0.4, 0.5) is 5.69 Å². The quantitative estimate of drug-likeness (QED) is 0.310. The molecule has 0 aromatic heterocycles. The summed E-state index contributed by atoms with van der Waals surface area (Å²) in [5, 5.41) is 3.23. The minimum atomic E-state index is -3.95. The zero-order chi connectivity index (χ0) is 24.9. The maximum absolute atomic E-state index is 13.5. The van der Waals surface area contributed by atoms with Crippen molar-refractivity contribution in [2.45, 2.75) is 22.0 Å². The van der Waals surface area contributed by atoms with Gasteiger partial charge in [-0.05, 0) is 48.9 Å². The monoisotopic (exact) mass is 511 g/mol. The zero-order valence-electron chi connectivity index (χ0n) is 19.3. The molecule has 0 bridgehead atoms. The van der Waals surface area contributed by atoms with Crippen LogP contribution in [-0.4, -0.2) is 14.2 Å². The Labute approximate surface area is 214 Å². The Morgan fingerprint density at radius 2 is 1.47 bits per heavy atom. The smallest absolute Gasteiger partial charge is 0.339 e. The maximum atomic E-state index is 13.5. The summed E-state index contributed by atoms with van der Waals surface area (Å²) in [6.45, 7) is 1.89. The molecule has 0 unspecified atom stereocenters. The summed E-state index contributed by atoms with van der Waals surface area (Å²) in [4.78, 5) is 14.7. The van der Waals surface area contributed by atoms with E-state index >= 15 is 0 Å². The van der Waals surface area contributed by atoms with Gasteiger partial charge in [0.05, 0.1) is 16.6 Å². The highest BCUT2D eigenvalue weighted by molar-refractivity contribution is 8.00. The largest absolute Gasteiger partial charge is 0.379 e. The molecule has 0 radical (unpaired) electrons. The van der Waals surface area contributed by atoms with Gasteiger partial charge in [-0.25, -0.2) is 0 Å². The normalized spacial score (nSPS) is 16.5. The summed E-state index contributed by atoms with van der Waals surface area (Å²) >= 11 is 1.60. The van der Waals surface area contributed by atoms with Crippen LogP contribution >= 0.6 is 11.8 Å². The van der Waals surface area contributed by atoms with Crippen molar-refractivity contribution in [3.8, 4) is 5.75 Å². The van der Waals surface area contributed by atoms with E-state index in [1.165, 1.54) is 12.1 Å². The molecule has 0 saturated carbocycles. The third kappa shape index (κ3) is 3.90. The molecular weight excluding hydrogens is 490 g/mol. The molecule has 4 aromatic carbocycles. The van der Waals surface area contributed by atoms with Crippen molar-refractivity contribution in [3.63, 3.8) is 0 Å². The average molecular weight is 512 g/mol. The Bertz CT molecular complexity index is 1640. The molecule has 1 atom stereocenters. The zero-order valence-corrected chi connectivity index (χ0v) is 20.9. The number of nitrogens with one attached hydrogen (secondary N) is 1. The molecule has 5 nitrogen and oxygen atoms in total. The number of anilines is 1. The van der Waals surface area contributed by atoms with Gasteiger partial charge in [-0.1, -0.05) is 66.2 Å². The number of carbonyl (C=O) groups excluding carboxylic acids is 1. The number of aryl methyl sites for hydroxylation is 1. The summed E-state index contributed by atoms with van der Waals surface area (Å²) in [6, 6.07) is 29.1. The van der Waals surface area contributed by atoms with Gasteiger partial charge < -0.3 is 9.50 Å². The molecular formula is C29H21NO4S2. The second kappa shape index (κ2) is 8.69. The van der Waals surface area contributed by atoms with Crippen LogP contribution in [0, 0.1) is 6.92 Å². The Balaban J connectivity index is 1.37. The molecule has 1 aliphatic heterocycles. The van der Waals surface area contributed by atoms with Crippen LogP contribution in [0.25, 0.3) is 5.70 Å². The highest BCUT2D eigenvalue weighted by Gasteiger charge is 2.38. The second-order valence-corrected chi connectivity index (χ2v) is 11.4. The molecule has 36 heavy (non-hydrogen) atoms. The number of ketones is 1. The van der Waals surface area contributed by atoms with Gasteiger partial charge in [0.1, 0.15) is 10.6 Å². The summed E-state index contributed by atoms with van der Waals surface area (Å²) in [6.07, 6.45) is 0. The summed E-state index contributed by atoms with van der Waals surface area (Å²) in [7, 11) is -3.95. The summed E-state index contributed by atoms with van der Waals surface area (Å²) in [5.74, 6) is 0.215. The van der Waals surface area contributed by atoms with Crippen molar-refractivity contribution in [1.82, 2.24) is 0 Å². The van der Waals surface area contributed by atoms with Crippen LogP contribution in [0.2, 0.25) is 0 Å². The van der Waals surface area contributed by atoms with Gasteiger partial charge in [0.15, 0.2) is 5.78 Å². The van der Waals surface area contributed by atoms with Gasteiger partial charge in [0.25, 0.3) is 0 Å². The van der Waals surface area contributed by atoms with Crippen molar-refractivity contribution in [2.24, 2.45) is 0 Å². The molecule has 178 valence electrons. The van der Waals surface area contributed by atoms with Gasteiger partial charge in [-0.2, -0.15) is 8.42 Å². The van der Waals surface area contributed by atoms with Crippen molar-refractivity contribution in [1.29, 1.82) is 0 Å². The first-order valence-electron chi connectivity index (χ1n) is 11.4. The van der Waals surface area contributed by atoms with E-state index in [2.05, 4.69) is 5.32 Å². The van der Waals surface area contributed by atoms with E-state index in [9.17, 15) is 13.2 Å². The molecule has 2 aliphatic rings. The molecule has 0 fully saturated rings. The van der Waals surface area contributed by atoms with E-state index in [1.54, 1.807) is 36.0 Å². The lowest BCUT2D eigenvalue weighted by Gasteiger charge is -2.18. The molecule has 0 amide bonds. The van der Waals surface area contributed by atoms with E-state index < -0.39 is 10.1 Å². The number of benzene rings is 4. The number of carbonyl (C=O) groups is 1. The highest BCUT2D eigenvalue weighted by atomic mass is 32.2. The molecule has 1 heterocycles. The molecule has 7 heteroatoms. The minimum absolute atomic E-state index is 0.000631. The number of fused-ring (bicyclic) bond motifs is 3. The summed E-state index contributed by atoms with van der Waals surface area (Å²) < 4.78 is 30.8. The first-order valence-corrected chi connectivity index (χ1v) is 13.7. The number of rotatable bonds is 4. The third-order valence-electron chi connectivity index (χ3n) is 6.31. The number of Topliss-reactive ketones (excluding diaryl/α,β-unsaturated/α-hetero) is 1. The average Bonchev–Trinajstić information content (AvgIpc) is 3.04. The van der Waals surface area contributed by atoms with Gasteiger partial charge in [0, 0.05) is 21.6 Å². The van der Waals surface area contributed by atoms with Crippen LogP contribution in [0.15, 0.2) is 112 Å². The standard InChI is InChI=1S/C29H21NO4S2/c1-18-10-16-21(17-11-18)36(32,33)34-20-14-12-19(13-15-20)29-26-27(22-6-2-3-7-23(22)28(26)31)30-24-8-4-5-9-25(24)35-29/h2-17,29-30H,1H3/t29-/m1/s1. The fourth-order valence-electron chi connectivity index (χ4n) is 4.49. The second-order valence-electron chi connectivity index (χ2n) is 8.70. The van der Waals surface area contributed by atoms with Gasteiger partial charge >= 0.3 is 10.1 Å². The van der Waals surface area contributed by atoms with E-state index in [4.69, 9.17) is 4.18 Å². The first kappa shape index (κ1) is 22.6. The fraction of sp³-hybridized carbons (Fsp3) is 0.0690. The number of hydrogen-bond acceptors (Lipinski definition) is 6. The highest BCUT2D eigenvalue weighted by Crippen LogP contribution is 2.52. The van der Waals surface area contributed by atoms with Crippen LogP contribution in [-0.2, 0) is 10.1 Å². The van der Waals surface area contributed by atoms with Crippen LogP contribution in [0.5, 0.6) is 5.75 Å². The van der Waals surface area contributed by atoms with Crippen LogP contribution in [0.1, 0.15) is 32.3 Å². The number of thioether (sulfide) groups is 1. The molecule has 6 rings (SSSR count). The lowest BCUT2D eigenvalue weighted by molar-refractivity contribution is 0.103. The predicted octanol–water partition coefficient (Wildman–Crippen LogP) is 6.63. The molecule has 0 saturated heterocycles. The first-order chi connectivity index (χ1) is 17.4.